The maximum absolute atomic E-state index is 12.4. The Balaban J connectivity index is 1.84. The van der Waals surface area contributed by atoms with Crippen LogP contribution in [0.4, 0.5) is 0 Å². The number of esters is 2. The van der Waals surface area contributed by atoms with Crippen molar-refractivity contribution in [1.29, 1.82) is 0 Å². The van der Waals surface area contributed by atoms with Gasteiger partial charge in [-0.3, -0.25) is 0 Å². The van der Waals surface area contributed by atoms with Crippen molar-refractivity contribution in [3.05, 3.63) is 47.1 Å². The molecule has 4 heteroatoms. The van der Waals surface area contributed by atoms with Crippen LogP contribution in [0.1, 0.15) is 6.42 Å². The lowest BCUT2D eigenvalue weighted by Gasteiger charge is -2.26. The first-order valence-corrected chi connectivity index (χ1v) is 7.63. The normalized spacial score (nSPS) is 37.0. The van der Waals surface area contributed by atoms with E-state index in [0.717, 1.165) is 0 Å². The van der Waals surface area contributed by atoms with Gasteiger partial charge in [-0.05, 0) is 24.2 Å². The van der Waals surface area contributed by atoms with E-state index >= 15 is 0 Å². The van der Waals surface area contributed by atoms with Crippen LogP contribution in [0.25, 0.3) is 0 Å². The van der Waals surface area contributed by atoms with Gasteiger partial charge in [0.15, 0.2) is 0 Å². The molecule has 5 atom stereocenters. The minimum absolute atomic E-state index is 0.0449. The van der Waals surface area contributed by atoms with E-state index in [1.54, 1.807) is 0 Å². The van der Waals surface area contributed by atoms with E-state index in [0.29, 0.717) is 35.3 Å². The molecule has 0 heterocycles. The van der Waals surface area contributed by atoms with Crippen molar-refractivity contribution in [2.75, 3.05) is 14.2 Å². The third-order valence-electron chi connectivity index (χ3n) is 5.54. The molecule has 0 N–H and O–H groups in total. The second-order valence-corrected chi connectivity index (χ2v) is 6.29. The zero-order valence-corrected chi connectivity index (χ0v) is 12.6. The fraction of sp³-hybridized carbons (Fsp3) is 0.444. The number of hydrogen-bond donors (Lipinski definition) is 0. The van der Waals surface area contributed by atoms with Crippen molar-refractivity contribution in [1.82, 2.24) is 0 Å². The molecule has 0 aromatic heterocycles. The topological polar surface area (TPSA) is 52.6 Å². The fourth-order valence-corrected chi connectivity index (χ4v) is 4.73. The summed E-state index contributed by atoms with van der Waals surface area (Å²) >= 11 is 0. The average molecular weight is 298 g/mol. The van der Waals surface area contributed by atoms with Gasteiger partial charge >= 0.3 is 11.9 Å². The lowest BCUT2D eigenvalue weighted by molar-refractivity contribution is -0.140. The van der Waals surface area contributed by atoms with Crippen LogP contribution in [0.5, 0.6) is 0 Å². The molecule has 0 aliphatic heterocycles. The summed E-state index contributed by atoms with van der Waals surface area (Å²) in [6, 6.07) is 0. The lowest BCUT2D eigenvalue weighted by atomic mass is 9.78. The summed E-state index contributed by atoms with van der Waals surface area (Å²) in [5.41, 5.74) is 2.22. The van der Waals surface area contributed by atoms with Crippen LogP contribution in [0, 0.1) is 29.6 Å². The molecule has 4 nitrogen and oxygen atoms in total. The fourth-order valence-electron chi connectivity index (χ4n) is 4.73. The molecule has 114 valence electrons. The van der Waals surface area contributed by atoms with Gasteiger partial charge < -0.3 is 9.47 Å². The van der Waals surface area contributed by atoms with E-state index in [1.807, 2.05) is 0 Å². The predicted molar refractivity (Wildman–Crippen MR) is 79.5 cm³/mol. The number of carbonyl (C=O) groups excluding carboxylic acids is 2. The van der Waals surface area contributed by atoms with Gasteiger partial charge in [0, 0.05) is 11.8 Å². The smallest absolute Gasteiger partial charge is 0.334 e. The van der Waals surface area contributed by atoms with Gasteiger partial charge in [-0.1, -0.05) is 36.0 Å². The Morgan fingerprint density at radius 2 is 1.77 bits per heavy atom. The monoisotopic (exact) mass is 298 g/mol. The first-order valence-electron chi connectivity index (χ1n) is 7.63. The Bertz CT molecular complexity index is 679. The third-order valence-corrected chi connectivity index (χ3v) is 5.54. The van der Waals surface area contributed by atoms with Crippen molar-refractivity contribution in [3.8, 4) is 0 Å². The van der Waals surface area contributed by atoms with Crippen LogP contribution in [-0.2, 0) is 19.1 Å². The zero-order valence-electron chi connectivity index (χ0n) is 12.6. The van der Waals surface area contributed by atoms with Gasteiger partial charge in [0.2, 0.25) is 0 Å². The lowest BCUT2D eigenvalue weighted by Crippen LogP contribution is -2.26. The highest BCUT2D eigenvalue weighted by molar-refractivity contribution is 6.02. The van der Waals surface area contributed by atoms with Crippen molar-refractivity contribution in [2.24, 2.45) is 29.6 Å². The first-order chi connectivity index (χ1) is 10.7. The van der Waals surface area contributed by atoms with Gasteiger partial charge in [0.25, 0.3) is 0 Å². The Morgan fingerprint density at radius 1 is 1.05 bits per heavy atom. The summed E-state index contributed by atoms with van der Waals surface area (Å²) in [6.07, 6.45) is 11.5. The molecule has 4 aliphatic carbocycles. The second kappa shape index (κ2) is 4.70. The van der Waals surface area contributed by atoms with Gasteiger partial charge in [0.05, 0.1) is 25.4 Å². The molecule has 22 heavy (non-hydrogen) atoms. The van der Waals surface area contributed by atoms with E-state index in [1.165, 1.54) is 19.8 Å². The number of ether oxygens (including phenoxy) is 2. The maximum atomic E-state index is 12.4. The van der Waals surface area contributed by atoms with Crippen LogP contribution in [0.3, 0.4) is 0 Å². The molecule has 0 radical (unpaired) electrons. The number of methoxy groups -OCH3 is 2. The summed E-state index contributed by atoms with van der Waals surface area (Å²) in [5, 5.41) is 0. The summed E-state index contributed by atoms with van der Waals surface area (Å²) in [5.74, 6) is 0.726. The van der Waals surface area contributed by atoms with Gasteiger partial charge in [-0.25, -0.2) is 9.59 Å². The summed E-state index contributed by atoms with van der Waals surface area (Å²) in [7, 11) is 2.71. The summed E-state index contributed by atoms with van der Waals surface area (Å²) < 4.78 is 9.85. The zero-order chi connectivity index (χ0) is 15.4. The maximum Gasteiger partial charge on any atom is 0.334 e. The molecular weight excluding hydrogens is 280 g/mol. The molecule has 0 unspecified atom stereocenters. The van der Waals surface area contributed by atoms with Crippen molar-refractivity contribution < 1.29 is 19.1 Å². The molecule has 0 amide bonds. The molecule has 0 bridgehead atoms. The van der Waals surface area contributed by atoms with Crippen molar-refractivity contribution in [2.45, 2.75) is 6.42 Å². The molecular formula is C18H18O4. The number of carbonyl (C=O) groups is 2. The van der Waals surface area contributed by atoms with Crippen molar-refractivity contribution >= 4 is 11.9 Å². The number of rotatable bonds is 2. The highest BCUT2D eigenvalue weighted by Gasteiger charge is 2.55. The number of allylic oxidation sites excluding steroid dienone is 6. The largest absolute Gasteiger partial charge is 0.466 e. The van der Waals surface area contributed by atoms with E-state index in [2.05, 4.69) is 30.4 Å². The summed E-state index contributed by atoms with van der Waals surface area (Å²) in [4.78, 5) is 24.5. The van der Waals surface area contributed by atoms with Gasteiger partial charge in [-0.15, -0.1) is 0 Å². The van der Waals surface area contributed by atoms with Crippen LogP contribution in [0.2, 0.25) is 0 Å². The van der Waals surface area contributed by atoms with Gasteiger partial charge in [0.1, 0.15) is 0 Å². The highest BCUT2D eigenvalue weighted by Crippen LogP contribution is 2.60. The van der Waals surface area contributed by atoms with Crippen LogP contribution in [0.15, 0.2) is 47.1 Å². The average Bonchev–Trinajstić information content (AvgIpc) is 3.21. The van der Waals surface area contributed by atoms with E-state index in [-0.39, 0.29) is 11.8 Å². The first kappa shape index (κ1) is 13.6. The second-order valence-electron chi connectivity index (χ2n) is 6.29. The molecule has 0 aromatic rings. The van der Waals surface area contributed by atoms with Gasteiger partial charge in [-0.2, -0.15) is 0 Å². The Kier molecular flexibility index (Phi) is 2.90. The van der Waals surface area contributed by atoms with Crippen LogP contribution in [-0.4, -0.2) is 26.2 Å². The molecule has 0 saturated heterocycles. The predicted octanol–water partition coefficient (Wildman–Crippen LogP) is 2.19. The summed E-state index contributed by atoms with van der Waals surface area (Å²) in [6.45, 7) is 0. The Morgan fingerprint density at radius 3 is 2.50 bits per heavy atom. The highest BCUT2D eigenvalue weighted by atomic mass is 16.5. The molecule has 0 aromatic carbocycles. The molecule has 4 rings (SSSR count). The molecule has 1 saturated carbocycles. The Hall–Kier alpha value is -2.10. The standard InChI is InChI=1S/C18H18O4/c1-21-17(19)13-8-7-11-10-5-3-9-4-6-12(14(9)10)15(11)16(13)18(20)22-2/h3-7,9-10,12,14-15H,8H2,1-2H3/t9-,10+,12-,14+,15-/m1/s1. The quantitative estimate of drug-likeness (QED) is 0.579. The van der Waals surface area contributed by atoms with E-state index in [9.17, 15) is 9.59 Å². The molecule has 4 aliphatic rings. The van der Waals surface area contributed by atoms with E-state index < -0.39 is 11.9 Å². The molecule has 1 fully saturated rings. The van der Waals surface area contributed by atoms with Crippen LogP contribution < -0.4 is 0 Å². The third kappa shape index (κ3) is 1.58. The Labute approximate surface area is 129 Å². The van der Waals surface area contributed by atoms with Crippen molar-refractivity contribution in [3.63, 3.8) is 0 Å². The molecule has 0 spiro atoms. The minimum atomic E-state index is -0.429. The number of fused-ring (bicyclic) bond motifs is 3. The number of hydrogen-bond acceptors (Lipinski definition) is 4. The SMILES string of the molecule is COC(=O)C1=C(C(=O)OC)[C@@H]2C(=CC1)[C@@H]1C=C[C@@H]3C=C[C@@H]2[C@@H]31. The van der Waals surface area contributed by atoms with E-state index in [4.69, 9.17) is 9.47 Å². The van der Waals surface area contributed by atoms with Crippen LogP contribution >= 0.6 is 0 Å². The minimum Gasteiger partial charge on any atom is -0.466 e.